The number of carbonyl (C=O) groups is 1. The van der Waals surface area contributed by atoms with Crippen LogP contribution in [0.3, 0.4) is 0 Å². The maximum absolute atomic E-state index is 12.2. The van der Waals surface area contributed by atoms with Crippen LogP contribution in [0.4, 0.5) is 16.2 Å². The number of hydrogen-bond donors (Lipinski definition) is 2. The van der Waals surface area contributed by atoms with E-state index in [0.717, 1.165) is 41.1 Å². The average Bonchev–Trinajstić information content (AvgIpc) is 3.02. The molecule has 1 fully saturated rings. The summed E-state index contributed by atoms with van der Waals surface area (Å²) in [7, 11) is 0. The molecule has 1 aliphatic carbocycles. The van der Waals surface area contributed by atoms with Gasteiger partial charge in [0.15, 0.2) is 0 Å². The molecule has 0 bridgehead atoms. The highest BCUT2D eigenvalue weighted by molar-refractivity contribution is 5.99. The monoisotopic (exact) mass is 362 g/mol. The molecule has 0 radical (unpaired) electrons. The lowest BCUT2D eigenvalue weighted by atomic mass is 9.85. The summed E-state index contributed by atoms with van der Waals surface area (Å²) in [5.74, 6) is 1.73. The van der Waals surface area contributed by atoms with Crippen LogP contribution in [0.1, 0.15) is 42.2 Å². The van der Waals surface area contributed by atoms with Gasteiger partial charge in [0.1, 0.15) is 0 Å². The van der Waals surface area contributed by atoms with Crippen molar-refractivity contribution in [2.24, 2.45) is 0 Å². The molecule has 3 aromatic rings. The van der Waals surface area contributed by atoms with Crippen LogP contribution in [-0.4, -0.2) is 16.2 Å². The van der Waals surface area contributed by atoms with Gasteiger partial charge in [-0.25, -0.2) is 4.79 Å². The van der Waals surface area contributed by atoms with Gasteiger partial charge in [0, 0.05) is 22.9 Å². The molecule has 2 amide bonds. The van der Waals surface area contributed by atoms with Gasteiger partial charge in [-0.2, -0.15) is 4.98 Å². The predicted molar refractivity (Wildman–Crippen MR) is 105 cm³/mol. The van der Waals surface area contributed by atoms with Gasteiger partial charge in [-0.1, -0.05) is 17.6 Å². The molecule has 0 saturated heterocycles. The molecule has 138 valence electrons. The Hall–Kier alpha value is -3.15. The first-order valence-electron chi connectivity index (χ1n) is 9.17. The molecule has 2 N–H and O–H groups in total. The molecule has 0 unspecified atom stereocenters. The molecule has 0 spiro atoms. The quantitative estimate of drug-likeness (QED) is 0.663. The van der Waals surface area contributed by atoms with Crippen LogP contribution in [0, 0.1) is 13.8 Å². The second-order valence-electron chi connectivity index (χ2n) is 7.12. The van der Waals surface area contributed by atoms with Gasteiger partial charge in [0.25, 0.3) is 0 Å². The van der Waals surface area contributed by atoms with Gasteiger partial charge in [-0.15, -0.1) is 0 Å². The Kier molecular flexibility index (Phi) is 4.62. The minimum absolute atomic E-state index is 0.278. The zero-order valence-corrected chi connectivity index (χ0v) is 15.5. The first kappa shape index (κ1) is 17.3. The summed E-state index contributed by atoms with van der Waals surface area (Å²) < 4.78 is 5.36. The van der Waals surface area contributed by atoms with E-state index in [1.54, 1.807) is 0 Å². The SMILES string of the molecule is Cc1cc(C)cc(NC(=O)Nc2ccc(-c3noc(C4CCC4)n3)cc2)c1. The summed E-state index contributed by atoms with van der Waals surface area (Å²) in [4.78, 5) is 16.7. The van der Waals surface area contributed by atoms with Crippen molar-refractivity contribution in [1.82, 2.24) is 10.1 Å². The van der Waals surface area contributed by atoms with Crippen LogP contribution in [0.25, 0.3) is 11.4 Å². The highest BCUT2D eigenvalue weighted by Gasteiger charge is 2.25. The Morgan fingerprint density at radius 1 is 1.00 bits per heavy atom. The lowest BCUT2D eigenvalue weighted by Gasteiger charge is -2.20. The second kappa shape index (κ2) is 7.23. The summed E-state index contributed by atoms with van der Waals surface area (Å²) in [6, 6.07) is 13.1. The molecular formula is C21H22N4O2. The number of hydrogen-bond acceptors (Lipinski definition) is 4. The van der Waals surface area contributed by atoms with Crippen molar-refractivity contribution in [1.29, 1.82) is 0 Å². The fourth-order valence-electron chi connectivity index (χ4n) is 3.22. The van der Waals surface area contributed by atoms with E-state index in [0.29, 0.717) is 17.4 Å². The molecular weight excluding hydrogens is 340 g/mol. The molecule has 2 aromatic carbocycles. The third-order valence-corrected chi connectivity index (χ3v) is 4.78. The van der Waals surface area contributed by atoms with Gasteiger partial charge in [-0.3, -0.25) is 0 Å². The number of nitrogens with one attached hydrogen (secondary N) is 2. The van der Waals surface area contributed by atoms with E-state index < -0.39 is 0 Å². The number of anilines is 2. The van der Waals surface area contributed by atoms with Crippen molar-refractivity contribution < 1.29 is 9.32 Å². The average molecular weight is 362 g/mol. The summed E-state index contributed by atoms with van der Waals surface area (Å²) in [6.45, 7) is 4.01. The van der Waals surface area contributed by atoms with Gasteiger partial charge >= 0.3 is 6.03 Å². The largest absolute Gasteiger partial charge is 0.339 e. The van der Waals surface area contributed by atoms with E-state index in [-0.39, 0.29) is 6.03 Å². The minimum atomic E-state index is -0.278. The van der Waals surface area contributed by atoms with Gasteiger partial charge < -0.3 is 15.2 Å². The second-order valence-corrected chi connectivity index (χ2v) is 7.12. The number of aromatic nitrogens is 2. The number of nitrogens with zero attached hydrogens (tertiary/aromatic N) is 2. The third kappa shape index (κ3) is 4.00. The topological polar surface area (TPSA) is 80.0 Å². The number of aryl methyl sites for hydroxylation is 2. The molecule has 1 aliphatic rings. The van der Waals surface area contributed by atoms with E-state index in [9.17, 15) is 4.79 Å². The van der Waals surface area contributed by atoms with Crippen LogP contribution in [0.5, 0.6) is 0 Å². The van der Waals surface area contributed by atoms with E-state index in [4.69, 9.17) is 4.52 Å². The standard InChI is InChI=1S/C21H22N4O2/c1-13-10-14(2)12-18(11-13)23-21(26)22-17-8-6-15(7-9-17)19-24-20(27-25-19)16-4-3-5-16/h6-12,16H,3-5H2,1-2H3,(H2,22,23,26). The van der Waals surface area contributed by atoms with Gasteiger partial charge in [0.05, 0.1) is 0 Å². The normalized spacial score (nSPS) is 13.9. The summed E-state index contributed by atoms with van der Waals surface area (Å²) in [6.07, 6.45) is 3.48. The number of amides is 2. The molecule has 1 heterocycles. The number of benzene rings is 2. The van der Waals surface area contributed by atoms with Crippen molar-refractivity contribution in [3.8, 4) is 11.4 Å². The fourth-order valence-corrected chi connectivity index (χ4v) is 3.22. The molecule has 27 heavy (non-hydrogen) atoms. The zero-order valence-electron chi connectivity index (χ0n) is 15.5. The smallest absolute Gasteiger partial charge is 0.323 e. The summed E-state index contributed by atoms with van der Waals surface area (Å²) >= 11 is 0. The predicted octanol–water partition coefficient (Wildman–Crippen LogP) is 5.26. The van der Waals surface area contributed by atoms with Crippen LogP contribution in [0.15, 0.2) is 47.0 Å². The highest BCUT2D eigenvalue weighted by Crippen LogP contribution is 2.36. The Morgan fingerprint density at radius 3 is 2.30 bits per heavy atom. The highest BCUT2D eigenvalue weighted by atomic mass is 16.5. The first-order valence-corrected chi connectivity index (χ1v) is 9.17. The Bertz CT molecular complexity index is 938. The van der Waals surface area contributed by atoms with E-state index in [1.165, 1.54) is 6.42 Å². The van der Waals surface area contributed by atoms with Crippen molar-refractivity contribution in [2.75, 3.05) is 10.6 Å². The van der Waals surface area contributed by atoms with E-state index in [2.05, 4.69) is 26.8 Å². The first-order chi connectivity index (χ1) is 13.1. The van der Waals surface area contributed by atoms with E-state index in [1.807, 2.05) is 50.2 Å². The maximum Gasteiger partial charge on any atom is 0.323 e. The molecule has 1 aromatic heterocycles. The summed E-state index contributed by atoms with van der Waals surface area (Å²) in [5.41, 5.74) is 4.55. The van der Waals surface area contributed by atoms with Crippen LogP contribution < -0.4 is 10.6 Å². The van der Waals surface area contributed by atoms with Crippen LogP contribution in [0.2, 0.25) is 0 Å². The van der Waals surface area contributed by atoms with Crippen molar-refractivity contribution in [3.05, 3.63) is 59.5 Å². The fraction of sp³-hybridized carbons (Fsp3) is 0.286. The molecule has 1 saturated carbocycles. The number of carbonyl (C=O) groups excluding carboxylic acids is 1. The minimum Gasteiger partial charge on any atom is -0.339 e. The molecule has 6 nitrogen and oxygen atoms in total. The van der Waals surface area contributed by atoms with Gasteiger partial charge in [-0.05, 0) is 74.2 Å². The Morgan fingerprint density at radius 2 is 1.67 bits per heavy atom. The Labute approximate surface area is 158 Å². The molecule has 0 atom stereocenters. The zero-order chi connectivity index (χ0) is 18.8. The lowest BCUT2D eigenvalue weighted by Crippen LogP contribution is -2.19. The van der Waals surface area contributed by atoms with Crippen LogP contribution >= 0.6 is 0 Å². The van der Waals surface area contributed by atoms with E-state index >= 15 is 0 Å². The van der Waals surface area contributed by atoms with Crippen LogP contribution in [-0.2, 0) is 0 Å². The molecule has 4 rings (SSSR count). The number of urea groups is 1. The van der Waals surface area contributed by atoms with Crippen molar-refractivity contribution in [2.45, 2.75) is 39.0 Å². The van der Waals surface area contributed by atoms with Crippen molar-refractivity contribution in [3.63, 3.8) is 0 Å². The lowest BCUT2D eigenvalue weighted by molar-refractivity contribution is 0.262. The van der Waals surface area contributed by atoms with Crippen molar-refractivity contribution >= 4 is 17.4 Å². The summed E-state index contributed by atoms with van der Waals surface area (Å²) in [5, 5.41) is 9.76. The maximum atomic E-state index is 12.2. The van der Waals surface area contributed by atoms with Gasteiger partial charge in [0.2, 0.25) is 11.7 Å². The molecule has 0 aliphatic heterocycles. The Balaban J connectivity index is 1.39. The molecule has 6 heteroatoms. The number of rotatable bonds is 4. The third-order valence-electron chi connectivity index (χ3n) is 4.78.